The van der Waals surface area contributed by atoms with Crippen LogP contribution in [0.3, 0.4) is 0 Å². The number of primary amides is 1. The number of anilines is 1. The van der Waals surface area contributed by atoms with Gasteiger partial charge in [-0.3, -0.25) is 4.79 Å². The second kappa shape index (κ2) is 5.93. The van der Waals surface area contributed by atoms with Crippen LogP contribution in [0.5, 0.6) is 0 Å². The quantitative estimate of drug-likeness (QED) is 0.797. The fraction of sp³-hybridized carbons (Fsp3) is 0.467. The van der Waals surface area contributed by atoms with E-state index in [0.29, 0.717) is 24.4 Å². The number of aliphatic carboxylic acids is 1. The van der Waals surface area contributed by atoms with E-state index in [2.05, 4.69) is 12.2 Å². The Morgan fingerprint density at radius 3 is 2.48 bits per heavy atom. The summed E-state index contributed by atoms with van der Waals surface area (Å²) in [4.78, 5) is 22.8. The topological polar surface area (TPSA) is 92.4 Å². The number of nitrogens with one attached hydrogen (secondary N) is 1. The summed E-state index contributed by atoms with van der Waals surface area (Å²) >= 11 is 6.00. The van der Waals surface area contributed by atoms with Crippen LogP contribution in [-0.4, -0.2) is 22.5 Å². The number of amides is 1. The number of benzene rings is 1. The highest BCUT2D eigenvalue weighted by molar-refractivity contribution is 6.34. The van der Waals surface area contributed by atoms with Gasteiger partial charge in [0, 0.05) is 5.69 Å². The highest BCUT2D eigenvalue weighted by Crippen LogP contribution is 2.35. The monoisotopic (exact) mass is 310 g/mol. The van der Waals surface area contributed by atoms with Gasteiger partial charge in [-0.2, -0.15) is 0 Å². The van der Waals surface area contributed by atoms with Crippen LogP contribution in [0.1, 0.15) is 43.0 Å². The van der Waals surface area contributed by atoms with Gasteiger partial charge in [-0.25, -0.2) is 4.79 Å². The summed E-state index contributed by atoms with van der Waals surface area (Å²) in [6.07, 6.45) is 2.87. The standard InChI is InChI=1S/C15H19ClN2O3/c1-9-4-6-15(7-5-9,14(20)21)18-10-2-3-11(13(17)19)12(16)8-10/h2-3,8-9,18H,4-7H2,1H3,(H2,17,19)(H,20,21). The molecule has 5 nitrogen and oxygen atoms in total. The van der Waals surface area contributed by atoms with E-state index in [1.165, 1.54) is 6.07 Å². The van der Waals surface area contributed by atoms with E-state index in [1.54, 1.807) is 12.1 Å². The van der Waals surface area contributed by atoms with Crippen LogP contribution in [0.4, 0.5) is 5.69 Å². The molecule has 21 heavy (non-hydrogen) atoms. The molecule has 0 bridgehead atoms. The van der Waals surface area contributed by atoms with Crippen molar-refractivity contribution >= 4 is 29.2 Å². The average Bonchev–Trinajstić information content (AvgIpc) is 2.41. The maximum Gasteiger partial charge on any atom is 0.329 e. The molecule has 6 heteroatoms. The van der Waals surface area contributed by atoms with Gasteiger partial charge >= 0.3 is 5.97 Å². The van der Waals surface area contributed by atoms with E-state index in [9.17, 15) is 14.7 Å². The van der Waals surface area contributed by atoms with Crippen molar-refractivity contribution in [3.8, 4) is 0 Å². The number of rotatable bonds is 4. The summed E-state index contributed by atoms with van der Waals surface area (Å²) in [6.45, 7) is 2.13. The highest BCUT2D eigenvalue weighted by atomic mass is 35.5. The first-order chi connectivity index (χ1) is 9.84. The lowest BCUT2D eigenvalue weighted by Crippen LogP contribution is -2.48. The molecule has 114 valence electrons. The predicted octanol–water partition coefficient (Wildman–Crippen LogP) is 2.88. The zero-order valence-corrected chi connectivity index (χ0v) is 12.6. The molecule has 0 spiro atoms. The molecule has 1 aliphatic carbocycles. The molecule has 0 unspecified atom stereocenters. The van der Waals surface area contributed by atoms with Gasteiger partial charge in [-0.15, -0.1) is 0 Å². The molecule has 0 aliphatic heterocycles. The molecule has 1 aliphatic rings. The molecule has 1 fully saturated rings. The highest BCUT2D eigenvalue weighted by Gasteiger charge is 2.41. The van der Waals surface area contributed by atoms with Crippen molar-refractivity contribution in [2.45, 2.75) is 38.1 Å². The Labute approximate surface area is 128 Å². The number of hydrogen-bond acceptors (Lipinski definition) is 3. The number of carboxylic acids is 1. The third-order valence-corrected chi connectivity index (χ3v) is 4.47. The molecule has 0 radical (unpaired) electrons. The Bertz CT molecular complexity index is 566. The first-order valence-corrected chi connectivity index (χ1v) is 7.33. The van der Waals surface area contributed by atoms with E-state index < -0.39 is 17.4 Å². The van der Waals surface area contributed by atoms with Crippen molar-refractivity contribution in [2.24, 2.45) is 11.7 Å². The van der Waals surface area contributed by atoms with Crippen LogP contribution in [0.2, 0.25) is 5.02 Å². The zero-order valence-electron chi connectivity index (χ0n) is 11.9. The molecule has 1 aromatic rings. The summed E-state index contributed by atoms with van der Waals surface area (Å²) < 4.78 is 0. The van der Waals surface area contributed by atoms with Crippen molar-refractivity contribution in [1.82, 2.24) is 0 Å². The van der Waals surface area contributed by atoms with Gasteiger partial charge in [0.1, 0.15) is 5.54 Å². The predicted molar refractivity (Wildman–Crippen MR) is 81.6 cm³/mol. The largest absolute Gasteiger partial charge is 0.480 e. The second-order valence-electron chi connectivity index (χ2n) is 5.75. The minimum absolute atomic E-state index is 0.220. The summed E-state index contributed by atoms with van der Waals surface area (Å²) in [5, 5.41) is 12.9. The zero-order chi connectivity index (χ0) is 15.6. The third-order valence-electron chi connectivity index (χ3n) is 4.16. The molecular weight excluding hydrogens is 292 g/mol. The Morgan fingerprint density at radius 2 is 2.00 bits per heavy atom. The van der Waals surface area contributed by atoms with Gasteiger partial charge in [0.2, 0.25) is 5.91 Å². The summed E-state index contributed by atoms with van der Waals surface area (Å²) in [6, 6.07) is 4.69. The number of carbonyl (C=O) groups excluding carboxylic acids is 1. The molecule has 2 rings (SSSR count). The van der Waals surface area contributed by atoms with E-state index in [-0.39, 0.29) is 10.6 Å². The fourth-order valence-corrected chi connectivity index (χ4v) is 2.99. The molecule has 0 saturated heterocycles. The summed E-state index contributed by atoms with van der Waals surface area (Å²) in [5.41, 5.74) is 5.04. The number of hydrogen-bond donors (Lipinski definition) is 3. The van der Waals surface area contributed by atoms with Crippen LogP contribution in [0.25, 0.3) is 0 Å². The lowest BCUT2D eigenvalue weighted by Gasteiger charge is -2.37. The Hall–Kier alpha value is -1.75. The minimum atomic E-state index is -0.968. The van der Waals surface area contributed by atoms with E-state index >= 15 is 0 Å². The maximum absolute atomic E-state index is 11.7. The second-order valence-corrected chi connectivity index (χ2v) is 6.16. The van der Waals surface area contributed by atoms with Crippen molar-refractivity contribution in [3.63, 3.8) is 0 Å². The van der Waals surface area contributed by atoms with Crippen LogP contribution >= 0.6 is 11.6 Å². The van der Waals surface area contributed by atoms with Crippen molar-refractivity contribution < 1.29 is 14.7 Å². The fourth-order valence-electron chi connectivity index (χ4n) is 2.72. The van der Waals surface area contributed by atoms with E-state index in [1.807, 2.05) is 0 Å². The molecule has 1 saturated carbocycles. The van der Waals surface area contributed by atoms with Crippen LogP contribution in [-0.2, 0) is 4.79 Å². The third kappa shape index (κ3) is 3.29. The van der Waals surface area contributed by atoms with E-state index in [0.717, 1.165) is 12.8 Å². The molecule has 0 atom stereocenters. The van der Waals surface area contributed by atoms with Crippen LogP contribution in [0.15, 0.2) is 18.2 Å². The Kier molecular flexibility index (Phi) is 4.42. The van der Waals surface area contributed by atoms with Gasteiger partial charge in [-0.1, -0.05) is 18.5 Å². The van der Waals surface area contributed by atoms with Gasteiger partial charge in [0.05, 0.1) is 10.6 Å². The molecule has 1 amide bonds. The lowest BCUT2D eigenvalue weighted by molar-refractivity contribution is -0.143. The van der Waals surface area contributed by atoms with Crippen molar-refractivity contribution in [3.05, 3.63) is 28.8 Å². The first kappa shape index (κ1) is 15.6. The number of nitrogens with two attached hydrogens (primary N) is 1. The van der Waals surface area contributed by atoms with Crippen molar-refractivity contribution in [2.75, 3.05) is 5.32 Å². The molecule has 4 N–H and O–H groups in total. The molecular formula is C15H19ClN2O3. The van der Waals surface area contributed by atoms with Gasteiger partial charge in [0.25, 0.3) is 0 Å². The van der Waals surface area contributed by atoms with Crippen molar-refractivity contribution in [1.29, 1.82) is 0 Å². The molecule has 0 aromatic heterocycles. The number of carbonyl (C=O) groups is 2. The number of halogens is 1. The SMILES string of the molecule is CC1CCC(Nc2ccc(C(N)=O)c(Cl)c2)(C(=O)O)CC1. The normalized spacial score (nSPS) is 25.3. The smallest absolute Gasteiger partial charge is 0.329 e. The maximum atomic E-state index is 11.7. The lowest BCUT2D eigenvalue weighted by atomic mass is 9.77. The summed E-state index contributed by atoms with van der Waals surface area (Å²) in [5.74, 6) is -0.921. The molecule has 0 heterocycles. The van der Waals surface area contributed by atoms with Crippen LogP contribution < -0.4 is 11.1 Å². The Morgan fingerprint density at radius 1 is 1.38 bits per heavy atom. The minimum Gasteiger partial charge on any atom is -0.480 e. The average molecular weight is 311 g/mol. The molecule has 1 aromatic carbocycles. The van der Waals surface area contributed by atoms with Gasteiger partial charge < -0.3 is 16.2 Å². The Balaban J connectivity index is 2.24. The number of carboxylic acid groups (broad SMARTS) is 1. The first-order valence-electron chi connectivity index (χ1n) is 6.95. The summed E-state index contributed by atoms with van der Waals surface area (Å²) in [7, 11) is 0. The van der Waals surface area contributed by atoms with Gasteiger partial charge in [0.15, 0.2) is 0 Å². The van der Waals surface area contributed by atoms with E-state index in [4.69, 9.17) is 17.3 Å². The van der Waals surface area contributed by atoms with Crippen LogP contribution in [0, 0.1) is 5.92 Å². The van der Waals surface area contributed by atoms with Gasteiger partial charge in [-0.05, 0) is 49.8 Å².